The van der Waals surface area contributed by atoms with Crippen molar-refractivity contribution >= 4 is 27.8 Å². The molecule has 0 bridgehead atoms. The van der Waals surface area contributed by atoms with E-state index in [9.17, 15) is 9.59 Å². The number of benzene rings is 1. The fourth-order valence-electron chi connectivity index (χ4n) is 1.64. The summed E-state index contributed by atoms with van der Waals surface area (Å²) in [6.45, 7) is 3.86. The number of methoxy groups -OCH3 is 1. The molecule has 0 aliphatic carbocycles. The highest BCUT2D eigenvalue weighted by atomic mass is 79.9. The van der Waals surface area contributed by atoms with E-state index in [2.05, 4.69) is 21.2 Å². The lowest BCUT2D eigenvalue weighted by atomic mass is 10.1. The number of halogens is 1. The Kier molecular flexibility index (Phi) is 6.67. The molecule has 2 atom stereocenters. The van der Waals surface area contributed by atoms with E-state index in [0.717, 1.165) is 4.47 Å². The van der Waals surface area contributed by atoms with Gasteiger partial charge in [-0.3, -0.25) is 4.79 Å². The van der Waals surface area contributed by atoms with E-state index in [1.165, 1.54) is 7.11 Å². The van der Waals surface area contributed by atoms with E-state index in [-0.39, 0.29) is 5.91 Å². The normalized spacial score (nSPS) is 13.4. The molecule has 20 heavy (non-hydrogen) atoms. The molecule has 1 N–H and O–H groups in total. The van der Waals surface area contributed by atoms with Gasteiger partial charge in [0.15, 0.2) is 6.04 Å². The summed E-state index contributed by atoms with van der Waals surface area (Å²) in [6.07, 6.45) is -0.623. The molecule has 1 rings (SSSR count). The first-order valence-corrected chi connectivity index (χ1v) is 7.04. The van der Waals surface area contributed by atoms with Crippen molar-refractivity contribution in [2.45, 2.75) is 26.0 Å². The summed E-state index contributed by atoms with van der Waals surface area (Å²) in [5, 5.41) is 2.63. The van der Waals surface area contributed by atoms with Crippen molar-refractivity contribution in [3.63, 3.8) is 0 Å². The molecule has 1 amide bonds. The van der Waals surface area contributed by atoms with Gasteiger partial charge in [0, 0.05) is 11.1 Å². The first-order chi connectivity index (χ1) is 9.49. The molecule has 0 aromatic heterocycles. The molecule has 0 aliphatic heterocycles. The largest absolute Gasteiger partial charge is 0.467 e. The molecule has 1 aromatic rings. The number of hydrogen-bond acceptors (Lipinski definition) is 4. The van der Waals surface area contributed by atoms with Gasteiger partial charge in [0.25, 0.3) is 0 Å². The Morgan fingerprint density at radius 1 is 1.30 bits per heavy atom. The highest BCUT2D eigenvalue weighted by Crippen LogP contribution is 2.18. The van der Waals surface area contributed by atoms with Gasteiger partial charge in [-0.25, -0.2) is 4.79 Å². The highest BCUT2D eigenvalue weighted by Gasteiger charge is 2.25. The Balaban J connectivity index is 2.88. The molecule has 0 fully saturated rings. The summed E-state index contributed by atoms with van der Waals surface area (Å²) in [4.78, 5) is 23.8. The van der Waals surface area contributed by atoms with Gasteiger partial charge >= 0.3 is 5.97 Å². The molecule has 0 saturated heterocycles. The first kappa shape index (κ1) is 16.7. The first-order valence-electron chi connectivity index (χ1n) is 6.24. The number of carbonyl (C=O) groups is 2. The van der Waals surface area contributed by atoms with Crippen molar-refractivity contribution in [2.75, 3.05) is 13.7 Å². The van der Waals surface area contributed by atoms with Crippen LogP contribution in [0.1, 0.15) is 25.5 Å². The number of hydrogen-bond donors (Lipinski definition) is 1. The average Bonchev–Trinajstić information content (AvgIpc) is 2.45. The second kappa shape index (κ2) is 8.01. The summed E-state index contributed by atoms with van der Waals surface area (Å²) in [5.41, 5.74) is 0.650. The summed E-state index contributed by atoms with van der Waals surface area (Å²) < 4.78 is 10.8. The predicted molar refractivity (Wildman–Crippen MR) is 78.1 cm³/mol. The lowest BCUT2D eigenvalue weighted by Crippen LogP contribution is -2.40. The van der Waals surface area contributed by atoms with Crippen molar-refractivity contribution in [1.29, 1.82) is 0 Å². The predicted octanol–water partition coefficient (Wildman–Crippen LogP) is 2.20. The highest BCUT2D eigenvalue weighted by molar-refractivity contribution is 9.10. The molecular weight excluding hydrogens is 326 g/mol. The minimum atomic E-state index is -0.844. The van der Waals surface area contributed by atoms with Crippen molar-refractivity contribution < 1.29 is 19.1 Å². The molecular formula is C14H18BrNO4. The van der Waals surface area contributed by atoms with Crippen LogP contribution in [0.15, 0.2) is 28.7 Å². The van der Waals surface area contributed by atoms with Crippen LogP contribution in [0.2, 0.25) is 0 Å². The minimum absolute atomic E-state index is 0.356. The van der Waals surface area contributed by atoms with Crippen LogP contribution in [-0.2, 0) is 19.1 Å². The van der Waals surface area contributed by atoms with E-state index in [1.807, 2.05) is 0 Å². The molecule has 6 heteroatoms. The monoisotopic (exact) mass is 343 g/mol. The second-order valence-corrected chi connectivity index (χ2v) is 5.03. The van der Waals surface area contributed by atoms with Crippen LogP contribution in [0, 0.1) is 0 Å². The van der Waals surface area contributed by atoms with E-state index < -0.39 is 18.1 Å². The number of ether oxygens (including phenoxy) is 2. The maximum atomic E-state index is 12.0. The topological polar surface area (TPSA) is 64.6 Å². The molecule has 0 heterocycles. The molecule has 0 saturated carbocycles. The Labute approximate surface area is 126 Å². The van der Waals surface area contributed by atoms with Crippen molar-refractivity contribution in [2.24, 2.45) is 0 Å². The smallest absolute Gasteiger partial charge is 0.333 e. The standard InChI is InChI=1S/C14H18BrNO4/c1-4-20-9(2)13(17)16-12(14(18)19-3)10-5-7-11(15)8-6-10/h5-9,12H,4H2,1-3H3,(H,16,17). The van der Waals surface area contributed by atoms with E-state index in [1.54, 1.807) is 38.1 Å². The maximum Gasteiger partial charge on any atom is 0.333 e. The third-order valence-electron chi connectivity index (χ3n) is 2.71. The molecule has 0 aliphatic rings. The third kappa shape index (κ3) is 4.61. The fourth-order valence-corrected chi connectivity index (χ4v) is 1.90. The van der Waals surface area contributed by atoms with Crippen LogP contribution in [-0.4, -0.2) is 31.7 Å². The number of rotatable bonds is 6. The number of esters is 1. The van der Waals surface area contributed by atoms with Crippen LogP contribution in [0.25, 0.3) is 0 Å². The van der Waals surface area contributed by atoms with Gasteiger partial charge in [-0.05, 0) is 31.5 Å². The summed E-state index contributed by atoms with van der Waals surface area (Å²) in [6, 6.07) is 6.24. The van der Waals surface area contributed by atoms with E-state index in [0.29, 0.717) is 12.2 Å². The minimum Gasteiger partial charge on any atom is -0.467 e. The van der Waals surface area contributed by atoms with Crippen LogP contribution in [0.3, 0.4) is 0 Å². The molecule has 1 aromatic carbocycles. The zero-order valence-corrected chi connectivity index (χ0v) is 13.3. The van der Waals surface area contributed by atoms with E-state index >= 15 is 0 Å². The fraction of sp³-hybridized carbons (Fsp3) is 0.429. The van der Waals surface area contributed by atoms with Crippen LogP contribution in [0.5, 0.6) is 0 Å². The van der Waals surface area contributed by atoms with Gasteiger partial charge in [-0.1, -0.05) is 28.1 Å². The molecule has 110 valence electrons. The van der Waals surface area contributed by atoms with Crippen molar-refractivity contribution in [3.8, 4) is 0 Å². The Morgan fingerprint density at radius 2 is 1.90 bits per heavy atom. The summed E-state index contributed by atoms with van der Waals surface area (Å²) >= 11 is 3.32. The van der Waals surface area contributed by atoms with Gasteiger partial charge in [-0.2, -0.15) is 0 Å². The van der Waals surface area contributed by atoms with Gasteiger partial charge in [0.1, 0.15) is 6.10 Å². The Hall–Kier alpha value is -1.40. The van der Waals surface area contributed by atoms with Gasteiger partial charge in [0.05, 0.1) is 7.11 Å². The molecule has 0 spiro atoms. The van der Waals surface area contributed by atoms with Gasteiger partial charge < -0.3 is 14.8 Å². The van der Waals surface area contributed by atoms with Crippen molar-refractivity contribution in [3.05, 3.63) is 34.3 Å². The third-order valence-corrected chi connectivity index (χ3v) is 3.24. The number of amides is 1. The molecule has 2 unspecified atom stereocenters. The van der Waals surface area contributed by atoms with Crippen LogP contribution >= 0.6 is 15.9 Å². The van der Waals surface area contributed by atoms with Crippen LogP contribution < -0.4 is 5.32 Å². The second-order valence-electron chi connectivity index (χ2n) is 4.11. The zero-order chi connectivity index (χ0) is 15.1. The summed E-state index contributed by atoms with van der Waals surface area (Å²) in [5.74, 6) is -0.880. The van der Waals surface area contributed by atoms with Crippen molar-refractivity contribution in [1.82, 2.24) is 5.32 Å². The lowest BCUT2D eigenvalue weighted by molar-refractivity contribution is -0.147. The maximum absolute atomic E-state index is 12.0. The SMILES string of the molecule is CCOC(C)C(=O)NC(C(=O)OC)c1ccc(Br)cc1. The number of nitrogens with one attached hydrogen (secondary N) is 1. The van der Waals surface area contributed by atoms with Gasteiger partial charge in [-0.15, -0.1) is 0 Å². The summed E-state index contributed by atoms with van der Waals surface area (Å²) in [7, 11) is 1.28. The van der Waals surface area contributed by atoms with E-state index in [4.69, 9.17) is 9.47 Å². The van der Waals surface area contributed by atoms with Crippen LogP contribution in [0.4, 0.5) is 0 Å². The molecule has 0 radical (unpaired) electrons. The zero-order valence-electron chi connectivity index (χ0n) is 11.7. The lowest BCUT2D eigenvalue weighted by Gasteiger charge is -2.19. The van der Waals surface area contributed by atoms with Gasteiger partial charge in [0.2, 0.25) is 5.91 Å². The quantitative estimate of drug-likeness (QED) is 0.804. The molecule has 5 nitrogen and oxygen atoms in total. The number of carbonyl (C=O) groups excluding carboxylic acids is 2. The Morgan fingerprint density at radius 3 is 2.40 bits per heavy atom. The Bertz CT molecular complexity index is 461. The average molecular weight is 344 g/mol.